The van der Waals surface area contributed by atoms with E-state index in [9.17, 15) is 22.8 Å². The summed E-state index contributed by atoms with van der Waals surface area (Å²) < 4.78 is 39.8. The summed E-state index contributed by atoms with van der Waals surface area (Å²) in [6.07, 6.45) is -2.35. The number of carbonyl (C=O) groups excluding carboxylic acids is 2. The predicted octanol–water partition coefficient (Wildman–Crippen LogP) is 5.62. The zero-order chi connectivity index (χ0) is 20.2. The summed E-state index contributed by atoms with van der Waals surface area (Å²) >= 11 is 11.8. The Balaban J connectivity index is 2.25. The molecule has 0 saturated heterocycles. The van der Waals surface area contributed by atoms with Gasteiger partial charge in [0.15, 0.2) is 0 Å². The predicted molar refractivity (Wildman–Crippen MR) is 99.9 cm³/mol. The molecule has 27 heavy (non-hydrogen) atoms. The Bertz CT molecular complexity index is 912. The van der Waals surface area contributed by atoms with Crippen LogP contribution in [0.5, 0.6) is 0 Å². The fourth-order valence-corrected chi connectivity index (χ4v) is 2.53. The van der Waals surface area contributed by atoms with Crippen molar-refractivity contribution in [2.45, 2.75) is 13.1 Å². The third kappa shape index (κ3) is 5.74. The van der Waals surface area contributed by atoms with E-state index in [0.29, 0.717) is 5.56 Å². The van der Waals surface area contributed by atoms with Crippen molar-refractivity contribution >= 4 is 52.5 Å². The van der Waals surface area contributed by atoms with Gasteiger partial charge in [0.2, 0.25) is 11.8 Å². The van der Waals surface area contributed by atoms with Crippen molar-refractivity contribution in [2.24, 2.45) is 0 Å². The summed E-state index contributed by atoms with van der Waals surface area (Å²) in [5, 5.41) is 4.94. The number of hydrogen-bond donors (Lipinski definition) is 2. The van der Waals surface area contributed by atoms with E-state index >= 15 is 0 Å². The minimum absolute atomic E-state index is 0.0333. The van der Waals surface area contributed by atoms with Crippen molar-refractivity contribution in [3.63, 3.8) is 0 Å². The molecule has 9 heteroatoms. The highest BCUT2D eigenvalue weighted by Crippen LogP contribution is 2.36. The number of alkyl halides is 3. The Kier molecular flexibility index (Phi) is 6.51. The van der Waals surface area contributed by atoms with Gasteiger partial charge in [-0.15, -0.1) is 0 Å². The summed E-state index contributed by atoms with van der Waals surface area (Å²) in [6, 6.07) is 7.84. The number of carbonyl (C=O) groups is 2. The van der Waals surface area contributed by atoms with Crippen LogP contribution >= 0.6 is 23.2 Å². The van der Waals surface area contributed by atoms with Crippen molar-refractivity contribution in [3.8, 4) is 0 Å². The van der Waals surface area contributed by atoms with Crippen LogP contribution in [0.2, 0.25) is 10.0 Å². The lowest BCUT2D eigenvalue weighted by Crippen LogP contribution is -2.16. The molecule has 2 N–H and O–H groups in total. The second kappa shape index (κ2) is 8.45. The van der Waals surface area contributed by atoms with E-state index in [1.165, 1.54) is 19.1 Å². The average Bonchev–Trinajstić information content (AvgIpc) is 2.56. The van der Waals surface area contributed by atoms with Gasteiger partial charge in [-0.3, -0.25) is 9.59 Å². The molecule has 0 fully saturated rings. The van der Waals surface area contributed by atoms with Crippen LogP contribution in [0.15, 0.2) is 42.5 Å². The first kappa shape index (κ1) is 20.8. The van der Waals surface area contributed by atoms with Crippen molar-refractivity contribution in [2.75, 3.05) is 10.6 Å². The lowest BCUT2D eigenvalue weighted by molar-refractivity contribution is -0.137. The lowest BCUT2D eigenvalue weighted by Gasteiger charge is -2.15. The molecule has 0 radical (unpaired) electrons. The maximum Gasteiger partial charge on any atom is 0.418 e. The smallest absolute Gasteiger partial charge is 0.326 e. The Morgan fingerprint density at radius 3 is 2.41 bits per heavy atom. The normalized spacial score (nSPS) is 11.5. The standard InChI is InChI=1S/C18H13Cl2F3N2O2/c1-10(26)24-12-6-7-15(13(9-12)18(21,22)23)25-16(27)8-5-11-3-2-4-14(19)17(11)20/h2-9H,1H3,(H,24,26)(H,25,27)/b8-5+. The van der Waals surface area contributed by atoms with E-state index < -0.39 is 29.2 Å². The number of halogens is 5. The van der Waals surface area contributed by atoms with Crippen LogP contribution in [0.3, 0.4) is 0 Å². The molecule has 0 aromatic heterocycles. The second-order valence-corrected chi connectivity index (χ2v) is 6.19. The average molecular weight is 417 g/mol. The van der Waals surface area contributed by atoms with Crippen molar-refractivity contribution in [3.05, 3.63) is 63.6 Å². The van der Waals surface area contributed by atoms with Gasteiger partial charge < -0.3 is 10.6 Å². The van der Waals surface area contributed by atoms with Gasteiger partial charge in [0.05, 0.1) is 21.3 Å². The molecule has 4 nitrogen and oxygen atoms in total. The van der Waals surface area contributed by atoms with Crippen molar-refractivity contribution < 1.29 is 22.8 Å². The topological polar surface area (TPSA) is 58.2 Å². The molecule has 0 bridgehead atoms. The van der Waals surface area contributed by atoms with Gasteiger partial charge in [0.25, 0.3) is 0 Å². The van der Waals surface area contributed by atoms with Crippen LogP contribution in [0.25, 0.3) is 6.08 Å². The maximum atomic E-state index is 13.3. The van der Waals surface area contributed by atoms with Gasteiger partial charge in [-0.1, -0.05) is 35.3 Å². The van der Waals surface area contributed by atoms with Crippen molar-refractivity contribution in [1.82, 2.24) is 0 Å². The molecule has 0 spiro atoms. The van der Waals surface area contributed by atoms with E-state index in [-0.39, 0.29) is 15.7 Å². The molecule has 0 heterocycles. The maximum absolute atomic E-state index is 13.3. The third-order valence-corrected chi connectivity index (χ3v) is 4.13. The highest BCUT2D eigenvalue weighted by Gasteiger charge is 2.34. The highest BCUT2D eigenvalue weighted by molar-refractivity contribution is 6.42. The third-order valence-electron chi connectivity index (χ3n) is 3.30. The quantitative estimate of drug-likeness (QED) is 0.635. The minimum Gasteiger partial charge on any atom is -0.326 e. The summed E-state index contributed by atoms with van der Waals surface area (Å²) in [5.74, 6) is -1.30. The number of hydrogen-bond acceptors (Lipinski definition) is 2. The van der Waals surface area contributed by atoms with Gasteiger partial charge in [-0.25, -0.2) is 0 Å². The number of amides is 2. The van der Waals surface area contributed by atoms with Gasteiger partial charge in [-0.2, -0.15) is 13.2 Å². The molecule has 2 aromatic carbocycles. The summed E-state index contributed by atoms with van der Waals surface area (Å²) in [4.78, 5) is 23.0. The first-order valence-electron chi connectivity index (χ1n) is 7.50. The van der Waals surface area contributed by atoms with Crippen LogP contribution in [0.1, 0.15) is 18.1 Å². The van der Waals surface area contributed by atoms with Crippen LogP contribution in [-0.4, -0.2) is 11.8 Å². The first-order chi connectivity index (χ1) is 12.6. The van der Waals surface area contributed by atoms with Crippen LogP contribution in [-0.2, 0) is 15.8 Å². The lowest BCUT2D eigenvalue weighted by atomic mass is 10.1. The fourth-order valence-electron chi connectivity index (χ4n) is 2.16. The van der Waals surface area contributed by atoms with Crippen LogP contribution in [0, 0.1) is 0 Å². The van der Waals surface area contributed by atoms with E-state index in [1.54, 1.807) is 18.2 Å². The number of rotatable bonds is 4. The summed E-state index contributed by atoms with van der Waals surface area (Å²) in [7, 11) is 0. The van der Waals surface area contributed by atoms with Gasteiger partial charge >= 0.3 is 6.18 Å². The van der Waals surface area contributed by atoms with E-state index in [2.05, 4.69) is 10.6 Å². The molecule has 2 rings (SSSR count). The largest absolute Gasteiger partial charge is 0.418 e. The summed E-state index contributed by atoms with van der Waals surface area (Å²) in [5.41, 5.74) is -1.12. The molecule has 2 amide bonds. The highest BCUT2D eigenvalue weighted by atomic mass is 35.5. The Morgan fingerprint density at radius 2 is 1.78 bits per heavy atom. The molecule has 142 valence electrons. The Morgan fingerprint density at radius 1 is 1.07 bits per heavy atom. The molecule has 0 unspecified atom stereocenters. The second-order valence-electron chi connectivity index (χ2n) is 5.40. The van der Waals surface area contributed by atoms with Crippen LogP contribution in [0.4, 0.5) is 24.5 Å². The van der Waals surface area contributed by atoms with Gasteiger partial charge in [0, 0.05) is 18.7 Å². The van der Waals surface area contributed by atoms with E-state index in [1.807, 2.05) is 0 Å². The minimum atomic E-state index is -4.73. The molecule has 0 aliphatic heterocycles. The monoisotopic (exact) mass is 416 g/mol. The molecule has 0 atom stereocenters. The zero-order valence-electron chi connectivity index (χ0n) is 13.8. The Labute approximate surface area is 163 Å². The van der Waals surface area contributed by atoms with Gasteiger partial charge in [-0.05, 0) is 35.9 Å². The SMILES string of the molecule is CC(=O)Nc1ccc(NC(=O)/C=C/c2cccc(Cl)c2Cl)c(C(F)(F)F)c1. The fraction of sp³-hybridized carbons (Fsp3) is 0.111. The van der Waals surface area contributed by atoms with Gasteiger partial charge in [0.1, 0.15) is 0 Å². The molecular formula is C18H13Cl2F3N2O2. The molecule has 0 aliphatic carbocycles. The Hall–Kier alpha value is -2.51. The van der Waals surface area contributed by atoms with E-state index in [4.69, 9.17) is 23.2 Å². The summed E-state index contributed by atoms with van der Waals surface area (Å²) in [6.45, 7) is 1.18. The molecule has 0 aliphatic rings. The first-order valence-corrected chi connectivity index (χ1v) is 8.25. The van der Waals surface area contributed by atoms with Crippen molar-refractivity contribution in [1.29, 1.82) is 0 Å². The zero-order valence-corrected chi connectivity index (χ0v) is 15.3. The van der Waals surface area contributed by atoms with E-state index in [0.717, 1.165) is 18.2 Å². The molecule has 2 aromatic rings. The number of benzene rings is 2. The number of nitrogens with one attached hydrogen (secondary N) is 2. The molecule has 0 saturated carbocycles. The number of anilines is 2. The molecular weight excluding hydrogens is 404 g/mol. The van der Waals surface area contributed by atoms with Crippen LogP contribution < -0.4 is 10.6 Å².